The van der Waals surface area contributed by atoms with Crippen LogP contribution < -0.4 is 11.2 Å². The van der Waals surface area contributed by atoms with Crippen molar-refractivity contribution >= 4 is 22.5 Å². The Balaban J connectivity index is 2.10. The molecule has 6 heteroatoms. The van der Waals surface area contributed by atoms with E-state index in [1.54, 1.807) is 6.92 Å². The molecule has 0 unspecified atom stereocenters. The smallest absolute Gasteiger partial charge is 0.296 e. The quantitative estimate of drug-likeness (QED) is 0.737. The van der Waals surface area contributed by atoms with E-state index in [0.717, 1.165) is 16.5 Å². The third-order valence-corrected chi connectivity index (χ3v) is 3.61. The lowest BCUT2D eigenvalue weighted by Gasteiger charge is -2.09. The number of hydrogen-bond donors (Lipinski definition) is 1. The molecule has 0 bridgehead atoms. The second-order valence-corrected chi connectivity index (χ2v) is 5.19. The zero-order valence-corrected chi connectivity index (χ0v) is 12.0. The molecule has 21 heavy (non-hydrogen) atoms. The molecule has 3 aromatic rings. The number of H-pyrrole nitrogens is 1. The highest BCUT2D eigenvalue weighted by molar-refractivity contribution is 6.30. The van der Waals surface area contributed by atoms with Crippen molar-refractivity contribution in [1.82, 2.24) is 14.5 Å². The van der Waals surface area contributed by atoms with E-state index < -0.39 is 5.69 Å². The van der Waals surface area contributed by atoms with Crippen LogP contribution in [0.2, 0.25) is 5.15 Å². The lowest BCUT2D eigenvalue weighted by atomic mass is 10.1. The summed E-state index contributed by atoms with van der Waals surface area (Å²) in [4.78, 5) is 29.8. The van der Waals surface area contributed by atoms with Gasteiger partial charge in [0.1, 0.15) is 5.15 Å². The number of hydrogen-bond acceptors (Lipinski definition) is 3. The summed E-state index contributed by atoms with van der Waals surface area (Å²) < 4.78 is 1.41. The third-order valence-electron chi connectivity index (χ3n) is 3.28. The van der Waals surface area contributed by atoms with Gasteiger partial charge in [0.15, 0.2) is 0 Å². The van der Waals surface area contributed by atoms with Gasteiger partial charge in [-0.1, -0.05) is 29.8 Å². The summed E-state index contributed by atoms with van der Waals surface area (Å²) in [5, 5.41) is 1.30. The maximum atomic E-state index is 11.8. The molecule has 1 aromatic carbocycles. The highest BCUT2D eigenvalue weighted by Crippen LogP contribution is 2.20. The Morgan fingerprint density at radius 2 is 2.05 bits per heavy atom. The minimum Gasteiger partial charge on any atom is -0.296 e. The molecule has 0 saturated heterocycles. The Morgan fingerprint density at radius 3 is 2.86 bits per heavy atom. The number of aromatic nitrogens is 3. The highest BCUT2D eigenvalue weighted by Gasteiger charge is 2.08. The molecule has 2 aromatic heterocycles. The number of aryl methyl sites for hydroxylation is 1. The van der Waals surface area contributed by atoms with Gasteiger partial charge in [0.2, 0.25) is 0 Å². The molecule has 0 radical (unpaired) electrons. The summed E-state index contributed by atoms with van der Waals surface area (Å²) in [5.41, 5.74) is 1.16. The van der Waals surface area contributed by atoms with Gasteiger partial charge in [-0.05, 0) is 19.1 Å². The van der Waals surface area contributed by atoms with Crippen molar-refractivity contribution in [2.45, 2.75) is 13.5 Å². The molecule has 3 rings (SSSR count). The first-order chi connectivity index (χ1) is 10.0. The number of halogens is 1. The largest absolute Gasteiger partial charge is 0.328 e. The zero-order chi connectivity index (χ0) is 15.0. The molecule has 0 spiro atoms. The van der Waals surface area contributed by atoms with E-state index >= 15 is 0 Å². The Morgan fingerprint density at radius 1 is 1.29 bits per heavy atom. The fraction of sp³-hybridized carbons (Fsp3) is 0.133. The molecule has 0 aliphatic carbocycles. The number of pyridine rings is 1. The van der Waals surface area contributed by atoms with Crippen molar-refractivity contribution in [2.24, 2.45) is 0 Å². The summed E-state index contributed by atoms with van der Waals surface area (Å²) >= 11 is 6.18. The van der Waals surface area contributed by atoms with Gasteiger partial charge in [0.05, 0.1) is 12.1 Å². The van der Waals surface area contributed by atoms with E-state index in [2.05, 4.69) is 9.97 Å². The molecular formula is C15H12ClN3O2. The lowest BCUT2D eigenvalue weighted by molar-refractivity contribution is 0.712. The van der Waals surface area contributed by atoms with Gasteiger partial charge < -0.3 is 0 Å². The normalized spacial score (nSPS) is 11.0. The molecule has 0 atom stereocenters. The second kappa shape index (κ2) is 5.18. The minimum absolute atomic E-state index is 0.257. The number of benzene rings is 1. The van der Waals surface area contributed by atoms with E-state index in [-0.39, 0.29) is 12.1 Å². The van der Waals surface area contributed by atoms with E-state index in [4.69, 9.17) is 11.6 Å². The first kappa shape index (κ1) is 13.6. The first-order valence-corrected chi connectivity index (χ1v) is 6.77. The molecule has 0 saturated carbocycles. The Bertz CT molecular complexity index is 944. The number of nitrogens with zero attached hydrogens (tertiary/aromatic N) is 2. The van der Waals surface area contributed by atoms with Crippen molar-refractivity contribution in [3.8, 4) is 0 Å². The topological polar surface area (TPSA) is 67.8 Å². The predicted octanol–water partition coefficient (Wildman–Crippen LogP) is 2.09. The van der Waals surface area contributed by atoms with Crippen molar-refractivity contribution in [3.05, 3.63) is 73.6 Å². The molecule has 0 amide bonds. The SMILES string of the molecule is Cc1cn(Cc2cc3ccccc3nc2Cl)c(=O)[nH]c1=O. The Hall–Kier alpha value is -2.40. The number of para-hydroxylation sites is 1. The number of fused-ring (bicyclic) bond motifs is 1. The summed E-state index contributed by atoms with van der Waals surface area (Å²) in [6.07, 6.45) is 1.52. The van der Waals surface area contributed by atoms with Gasteiger partial charge in [-0.2, -0.15) is 0 Å². The molecule has 0 aliphatic heterocycles. The summed E-state index contributed by atoms with van der Waals surface area (Å²) in [7, 11) is 0. The monoisotopic (exact) mass is 301 g/mol. The molecule has 2 heterocycles. The van der Waals surface area contributed by atoms with Gasteiger partial charge in [0.25, 0.3) is 5.56 Å². The summed E-state index contributed by atoms with van der Waals surface area (Å²) in [5.74, 6) is 0. The van der Waals surface area contributed by atoms with Gasteiger partial charge in [0, 0.05) is 22.7 Å². The van der Waals surface area contributed by atoms with Crippen LogP contribution in [0, 0.1) is 6.92 Å². The zero-order valence-electron chi connectivity index (χ0n) is 11.3. The van der Waals surface area contributed by atoms with Gasteiger partial charge >= 0.3 is 5.69 Å². The van der Waals surface area contributed by atoms with Crippen molar-refractivity contribution in [2.75, 3.05) is 0 Å². The van der Waals surface area contributed by atoms with Crippen molar-refractivity contribution in [1.29, 1.82) is 0 Å². The lowest BCUT2D eigenvalue weighted by Crippen LogP contribution is -2.31. The van der Waals surface area contributed by atoms with Crippen LogP contribution >= 0.6 is 11.6 Å². The number of aromatic amines is 1. The van der Waals surface area contributed by atoms with Crippen LogP contribution in [0.15, 0.2) is 46.1 Å². The average Bonchev–Trinajstić information content (AvgIpc) is 2.45. The van der Waals surface area contributed by atoms with Crippen LogP contribution in [0.3, 0.4) is 0 Å². The van der Waals surface area contributed by atoms with Gasteiger partial charge in [-0.3, -0.25) is 14.3 Å². The minimum atomic E-state index is -0.463. The van der Waals surface area contributed by atoms with Crippen LogP contribution in [0.5, 0.6) is 0 Å². The van der Waals surface area contributed by atoms with E-state index in [1.165, 1.54) is 10.8 Å². The summed E-state index contributed by atoms with van der Waals surface area (Å²) in [6.45, 7) is 1.90. The fourth-order valence-corrected chi connectivity index (χ4v) is 2.37. The van der Waals surface area contributed by atoms with Crippen LogP contribution in [-0.2, 0) is 6.54 Å². The first-order valence-electron chi connectivity index (χ1n) is 6.39. The molecule has 1 N–H and O–H groups in total. The van der Waals surface area contributed by atoms with E-state index in [1.807, 2.05) is 30.3 Å². The van der Waals surface area contributed by atoms with Crippen LogP contribution in [0.4, 0.5) is 0 Å². The molecule has 0 aliphatic rings. The Kier molecular flexibility index (Phi) is 3.35. The molecule has 5 nitrogen and oxygen atoms in total. The average molecular weight is 302 g/mol. The molecular weight excluding hydrogens is 290 g/mol. The fourth-order valence-electron chi connectivity index (χ4n) is 2.17. The van der Waals surface area contributed by atoms with Gasteiger partial charge in [-0.15, -0.1) is 0 Å². The van der Waals surface area contributed by atoms with Crippen molar-refractivity contribution in [3.63, 3.8) is 0 Å². The standard InChI is InChI=1S/C15H12ClN3O2/c1-9-7-19(15(21)18-14(9)20)8-11-6-10-4-2-3-5-12(10)17-13(11)16/h2-7H,8H2,1H3,(H,18,20,21). The van der Waals surface area contributed by atoms with Crippen LogP contribution in [0.1, 0.15) is 11.1 Å². The Labute approximate surface area is 124 Å². The maximum Gasteiger partial charge on any atom is 0.328 e. The number of nitrogens with one attached hydrogen (secondary N) is 1. The van der Waals surface area contributed by atoms with Crippen LogP contribution in [-0.4, -0.2) is 14.5 Å². The second-order valence-electron chi connectivity index (χ2n) is 4.83. The molecule has 0 fully saturated rings. The van der Waals surface area contributed by atoms with E-state index in [0.29, 0.717) is 10.7 Å². The molecule has 106 valence electrons. The highest BCUT2D eigenvalue weighted by atomic mass is 35.5. The van der Waals surface area contributed by atoms with E-state index in [9.17, 15) is 9.59 Å². The number of rotatable bonds is 2. The summed E-state index contributed by atoms with van der Waals surface area (Å²) in [6, 6.07) is 9.51. The van der Waals surface area contributed by atoms with Crippen molar-refractivity contribution < 1.29 is 0 Å². The van der Waals surface area contributed by atoms with Crippen LogP contribution in [0.25, 0.3) is 10.9 Å². The third kappa shape index (κ3) is 2.60. The predicted molar refractivity (Wildman–Crippen MR) is 81.9 cm³/mol. The maximum absolute atomic E-state index is 11.8. The van der Waals surface area contributed by atoms with Gasteiger partial charge in [-0.25, -0.2) is 9.78 Å².